The Labute approximate surface area is 123 Å². The number of aliphatic carboxylic acids is 1. The van der Waals surface area contributed by atoms with E-state index in [4.69, 9.17) is 0 Å². The van der Waals surface area contributed by atoms with Crippen LogP contribution in [0.25, 0.3) is 0 Å². The largest absolute Gasteiger partial charge is 0.481 e. The van der Waals surface area contributed by atoms with Gasteiger partial charge in [-0.05, 0) is 32.3 Å². The lowest BCUT2D eigenvalue weighted by Crippen LogP contribution is -2.51. The fourth-order valence-electron chi connectivity index (χ4n) is 2.57. The lowest BCUT2D eigenvalue weighted by molar-refractivity contribution is -0.150. The summed E-state index contributed by atoms with van der Waals surface area (Å²) in [7, 11) is 0. The number of urea groups is 1. The van der Waals surface area contributed by atoms with Crippen LogP contribution in [0.2, 0.25) is 0 Å². The first kappa shape index (κ1) is 15.3. The average molecular weight is 294 g/mol. The number of hydrogen-bond donors (Lipinski definition) is 2. The highest BCUT2D eigenvalue weighted by Crippen LogP contribution is 2.29. The minimum atomic E-state index is -0.835. The molecule has 21 heavy (non-hydrogen) atoms. The van der Waals surface area contributed by atoms with Gasteiger partial charge in [-0.1, -0.05) is 0 Å². The van der Waals surface area contributed by atoms with E-state index in [0.29, 0.717) is 19.5 Å². The van der Waals surface area contributed by atoms with Crippen LogP contribution >= 0.6 is 0 Å². The number of nitrogens with zero attached hydrogens (tertiary/aromatic N) is 3. The lowest BCUT2D eigenvalue weighted by atomic mass is 9.82. The van der Waals surface area contributed by atoms with Crippen LogP contribution in [0.4, 0.5) is 4.79 Å². The minimum absolute atomic E-state index is 0.178. The number of rotatable bonds is 5. The summed E-state index contributed by atoms with van der Waals surface area (Å²) in [5.74, 6) is -0.835. The van der Waals surface area contributed by atoms with Crippen LogP contribution in [0.1, 0.15) is 26.2 Å². The van der Waals surface area contributed by atoms with Crippen molar-refractivity contribution in [3.05, 3.63) is 18.5 Å². The number of carboxylic acids is 1. The van der Waals surface area contributed by atoms with E-state index in [9.17, 15) is 14.7 Å². The fourth-order valence-corrected chi connectivity index (χ4v) is 2.57. The van der Waals surface area contributed by atoms with Crippen molar-refractivity contribution in [2.75, 3.05) is 19.6 Å². The van der Waals surface area contributed by atoms with Crippen molar-refractivity contribution in [1.82, 2.24) is 20.0 Å². The Kier molecular flexibility index (Phi) is 4.82. The molecule has 2 rings (SSSR count). The number of piperidine rings is 1. The summed E-state index contributed by atoms with van der Waals surface area (Å²) in [6.45, 7) is 3.90. The topological polar surface area (TPSA) is 87.5 Å². The first-order chi connectivity index (χ1) is 10.0. The van der Waals surface area contributed by atoms with Gasteiger partial charge in [-0.2, -0.15) is 5.10 Å². The molecule has 1 aromatic rings. The maximum absolute atomic E-state index is 12.1. The van der Waals surface area contributed by atoms with Crippen molar-refractivity contribution in [3.8, 4) is 0 Å². The van der Waals surface area contributed by atoms with Crippen LogP contribution in [0.5, 0.6) is 0 Å². The van der Waals surface area contributed by atoms with Crippen LogP contribution in [0.3, 0.4) is 0 Å². The molecule has 7 nitrogen and oxygen atoms in total. The van der Waals surface area contributed by atoms with Gasteiger partial charge in [-0.3, -0.25) is 9.48 Å². The monoisotopic (exact) mass is 294 g/mol. The summed E-state index contributed by atoms with van der Waals surface area (Å²) in [4.78, 5) is 24.9. The maximum atomic E-state index is 12.1. The minimum Gasteiger partial charge on any atom is -0.481 e. The molecule has 2 heterocycles. The first-order valence-electron chi connectivity index (χ1n) is 7.25. The smallest absolute Gasteiger partial charge is 0.317 e. The molecule has 1 saturated heterocycles. The Hall–Kier alpha value is -2.05. The van der Waals surface area contributed by atoms with Crippen LogP contribution in [0, 0.1) is 5.41 Å². The molecule has 1 unspecified atom stereocenters. The Morgan fingerprint density at radius 2 is 2.29 bits per heavy atom. The van der Waals surface area contributed by atoms with Crippen molar-refractivity contribution >= 4 is 12.0 Å². The summed E-state index contributed by atoms with van der Waals surface area (Å²) in [5, 5.41) is 16.2. The number of aryl methyl sites for hydroxylation is 1. The van der Waals surface area contributed by atoms with Gasteiger partial charge in [0, 0.05) is 38.6 Å². The maximum Gasteiger partial charge on any atom is 0.317 e. The summed E-state index contributed by atoms with van der Waals surface area (Å²) >= 11 is 0. The van der Waals surface area contributed by atoms with Crippen LogP contribution in [0.15, 0.2) is 18.5 Å². The molecular weight excluding hydrogens is 272 g/mol. The Morgan fingerprint density at radius 3 is 2.95 bits per heavy atom. The van der Waals surface area contributed by atoms with E-state index < -0.39 is 11.4 Å². The molecule has 2 N–H and O–H groups in total. The number of aromatic nitrogens is 2. The van der Waals surface area contributed by atoms with Crippen LogP contribution in [-0.2, 0) is 11.3 Å². The second-order valence-corrected chi connectivity index (χ2v) is 5.75. The van der Waals surface area contributed by atoms with E-state index in [1.807, 2.05) is 16.9 Å². The highest BCUT2D eigenvalue weighted by atomic mass is 16.4. The number of likely N-dealkylation sites (tertiary alicyclic amines) is 1. The SMILES string of the molecule is CC1(C(=O)O)CCCN(C(=O)NCCCn2cccn2)C1. The number of nitrogens with one attached hydrogen (secondary N) is 1. The summed E-state index contributed by atoms with van der Waals surface area (Å²) in [6, 6.07) is 1.68. The van der Waals surface area contributed by atoms with Crippen LogP contribution in [-0.4, -0.2) is 51.4 Å². The number of carbonyl (C=O) groups is 2. The third-order valence-electron chi connectivity index (χ3n) is 3.90. The van der Waals surface area contributed by atoms with Crippen molar-refractivity contribution in [2.45, 2.75) is 32.7 Å². The Balaban J connectivity index is 1.74. The lowest BCUT2D eigenvalue weighted by Gasteiger charge is -2.37. The van der Waals surface area contributed by atoms with Gasteiger partial charge < -0.3 is 15.3 Å². The summed E-state index contributed by atoms with van der Waals surface area (Å²) < 4.78 is 1.81. The molecule has 1 aromatic heterocycles. The predicted octanol–water partition coefficient (Wildman–Crippen LogP) is 1.17. The van der Waals surface area contributed by atoms with E-state index >= 15 is 0 Å². The summed E-state index contributed by atoms with van der Waals surface area (Å²) in [6.07, 6.45) is 5.73. The van der Waals surface area contributed by atoms with E-state index in [1.165, 1.54) is 0 Å². The molecular formula is C14H22N4O3. The van der Waals surface area contributed by atoms with E-state index in [2.05, 4.69) is 10.4 Å². The average Bonchev–Trinajstić information content (AvgIpc) is 2.96. The zero-order valence-corrected chi connectivity index (χ0v) is 12.3. The Morgan fingerprint density at radius 1 is 1.48 bits per heavy atom. The van der Waals surface area contributed by atoms with Gasteiger partial charge in [-0.25, -0.2) is 4.79 Å². The molecule has 0 aliphatic carbocycles. The normalized spacial score (nSPS) is 22.0. The molecule has 1 fully saturated rings. The van der Waals surface area contributed by atoms with Crippen LogP contribution < -0.4 is 5.32 Å². The molecule has 116 valence electrons. The third kappa shape index (κ3) is 3.96. The quantitative estimate of drug-likeness (QED) is 0.798. The second kappa shape index (κ2) is 6.60. The molecule has 1 atom stereocenters. The molecule has 0 aromatic carbocycles. The van der Waals surface area contributed by atoms with Gasteiger partial charge in [0.25, 0.3) is 0 Å². The highest BCUT2D eigenvalue weighted by Gasteiger charge is 2.39. The zero-order chi connectivity index (χ0) is 15.3. The van der Waals surface area contributed by atoms with E-state index in [-0.39, 0.29) is 12.6 Å². The van der Waals surface area contributed by atoms with E-state index in [1.54, 1.807) is 18.0 Å². The first-order valence-corrected chi connectivity index (χ1v) is 7.25. The van der Waals surface area contributed by atoms with Gasteiger partial charge in [0.2, 0.25) is 0 Å². The molecule has 7 heteroatoms. The highest BCUT2D eigenvalue weighted by molar-refractivity contribution is 5.78. The molecule has 0 saturated carbocycles. The molecule has 0 spiro atoms. The zero-order valence-electron chi connectivity index (χ0n) is 12.3. The van der Waals surface area contributed by atoms with Gasteiger partial charge in [0.05, 0.1) is 5.41 Å². The third-order valence-corrected chi connectivity index (χ3v) is 3.90. The number of hydrogen-bond acceptors (Lipinski definition) is 3. The Bertz CT molecular complexity index is 488. The fraction of sp³-hybridized carbons (Fsp3) is 0.643. The molecule has 1 aliphatic rings. The van der Waals surface area contributed by atoms with Crippen molar-refractivity contribution in [2.24, 2.45) is 5.41 Å². The van der Waals surface area contributed by atoms with Crippen molar-refractivity contribution in [1.29, 1.82) is 0 Å². The van der Waals surface area contributed by atoms with Gasteiger partial charge >= 0.3 is 12.0 Å². The number of carboxylic acid groups (broad SMARTS) is 1. The van der Waals surface area contributed by atoms with Crippen molar-refractivity contribution < 1.29 is 14.7 Å². The number of carbonyl (C=O) groups excluding carboxylic acids is 1. The van der Waals surface area contributed by atoms with Crippen molar-refractivity contribution in [3.63, 3.8) is 0 Å². The predicted molar refractivity (Wildman–Crippen MR) is 76.8 cm³/mol. The molecule has 2 amide bonds. The molecule has 0 radical (unpaired) electrons. The van der Waals surface area contributed by atoms with E-state index in [0.717, 1.165) is 19.4 Å². The van der Waals surface area contributed by atoms with Gasteiger partial charge in [0.1, 0.15) is 0 Å². The standard InChI is InChI=1S/C14H22N4O3/c1-14(12(19)20)5-2-8-17(11-14)13(21)15-6-3-9-18-10-4-7-16-18/h4,7,10H,2-3,5-6,8-9,11H2,1H3,(H,15,21)(H,19,20). The molecule has 1 aliphatic heterocycles. The second-order valence-electron chi connectivity index (χ2n) is 5.75. The number of amides is 2. The summed E-state index contributed by atoms with van der Waals surface area (Å²) in [5.41, 5.74) is -0.829. The molecule has 0 bridgehead atoms. The van der Waals surface area contributed by atoms with Gasteiger partial charge in [0.15, 0.2) is 0 Å². The van der Waals surface area contributed by atoms with Gasteiger partial charge in [-0.15, -0.1) is 0 Å².